The number of rotatable bonds is 1. The molecule has 0 saturated carbocycles. The minimum absolute atomic E-state index is 0.0823. The van der Waals surface area contributed by atoms with Gasteiger partial charge in [0.15, 0.2) is 4.77 Å². The standard InChI is InChI=1S/C17H11N3O2S/c21-15-14(16(22)20-17(23)19-15)13-9-5-1-3-7-11(9)18-12-8-4-2-6-10(12)13/h1-8H,(H3,19,20,21,22,23). The van der Waals surface area contributed by atoms with Crippen molar-refractivity contribution in [2.75, 3.05) is 0 Å². The van der Waals surface area contributed by atoms with Gasteiger partial charge in [-0.05, 0) is 24.4 Å². The Hall–Kier alpha value is -2.99. The minimum atomic E-state index is -0.437. The number of H-pyrrole nitrogens is 2. The Labute approximate surface area is 135 Å². The van der Waals surface area contributed by atoms with Crippen LogP contribution in [0, 0.1) is 4.77 Å². The third-order valence-corrected chi connectivity index (χ3v) is 3.96. The molecule has 0 unspecified atom stereocenters. The highest BCUT2D eigenvalue weighted by atomic mass is 32.1. The lowest BCUT2D eigenvalue weighted by molar-refractivity contribution is 0.452. The average molecular weight is 321 g/mol. The number of hydrogen-bond acceptors (Lipinski definition) is 4. The van der Waals surface area contributed by atoms with Crippen LogP contribution in [-0.2, 0) is 0 Å². The number of nitrogens with one attached hydrogen (secondary N) is 2. The molecule has 6 heteroatoms. The summed E-state index contributed by atoms with van der Waals surface area (Å²) in [6, 6.07) is 15.0. The molecule has 2 aromatic carbocycles. The predicted molar refractivity (Wildman–Crippen MR) is 92.2 cm³/mol. The number of aromatic hydroxyl groups is 1. The van der Waals surface area contributed by atoms with Crippen molar-refractivity contribution in [3.63, 3.8) is 0 Å². The number of aromatic amines is 2. The van der Waals surface area contributed by atoms with E-state index in [2.05, 4.69) is 15.0 Å². The molecule has 112 valence electrons. The zero-order valence-electron chi connectivity index (χ0n) is 11.8. The number of fused-ring (bicyclic) bond motifs is 2. The average Bonchev–Trinajstić information content (AvgIpc) is 2.53. The van der Waals surface area contributed by atoms with E-state index in [0.717, 1.165) is 21.8 Å². The van der Waals surface area contributed by atoms with Crippen molar-refractivity contribution in [1.29, 1.82) is 0 Å². The van der Waals surface area contributed by atoms with Crippen LogP contribution in [0.5, 0.6) is 5.88 Å². The Morgan fingerprint density at radius 3 is 2.00 bits per heavy atom. The molecule has 0 atom stereocenters. The van der Waals surface area contributed by atoms with E-state index in [9.17, 15) is 9.90 Å². The van der Waals surface area contributed by atoms with E-state index >= 15 is 0 Å². The maximum absolute atomic E-state index is 12.4. The van der Waals surface area contributed by atoms with Crippen LogP contribution in [0.15, 0.2) is 53.3 Å². The van der Waals surface area contributed by atoms with Gasteiger partial charge in [-0.25, -0.2) is 4.98 Å². The molecule has 2 aromatic heterocycles. The smallest absolute Gasteiger partial charge is 0.263 e. The zero-order chi connectivity index (χ0) is 16.0. The summed E-state index contributed by atoms with van der Waals surface area (Å²) in [6.45, 7) is 0. The van der Waals surface area contributed by atoms with Gasteiger partial charge in [-0.1, -0.05) is 36.4 Å². The van der Waals surface area contributed by atoms with E-state index in [1.807, 2.05) is 48.5 Å². The number of para-hydroxylation sites is 2. The molecule has 0 saturated heterocycles. The summed E-state index contributed by atoms with van der Waals surface area (Å²) in [5, 5.41) is 11.9. The van der Waals surface area contributed by atoms with Crippen molar-refractivity contribution >= 4 is 34.0 Å². The molecule has 0 amide bonds. The number of hydrogen-bond donors (Lipinski definition) is 3. The van der Waals surface area contributed by atoms with Crippen molar-refractivity contribution in [2.24, 2.45) is 0 Å². The quantitative estimate of drug-likeness (QED) is 0.370. The van der Waals surface area contributed by atoms with E-state index in [-0.39, 0.29) is 16.2 Å². The number of benzene rings is 2. The highest BCUT2D eigenvalue weighted by Crippen LogP contribution is 2.35. The summed E-state index contributed by atoms with van der Waals surface area (Å²) >= 11 is 4.90. The highest BCUT2D eigenvalue weighted by molar-refractivity contribution is 7.71. The second-order valence-electron chi connectivity index (χ2n) is 5.15. The molecule has 0 aliphatic rings. The monoisotopic (exact) mass is 321 g/mol. The van der Waals surface area contributed by atoms with Crippen LogP contribution in [-0.4, -0.2) is 20.1 Å². The first-order valence-electron chi connectivity index (χ1n) is 6.98. The normalized spacial score (nSPS) is 11.1. The number of aromatic nitrogens is 3. The molecule has 0 radical (unpaired) electrons. The SMILES string of the molecule is O=c1[nH]c(=S)[nH]c(O)c1-c1c2ccccc2nc2ccccc12. The second-order valence-corrected chi connectivity index (χ2v) is 5.56. The van der Waals surface area contributed by atoms with Gasteiger partial charge in [0.1, 0.15) is 5.56 Å². The zero-order valence-corrected chi connectivity index (χ0v) is 12.6. The van der Waals surface area contributed by atoms with Crippen molar-refractivity contribution in [1.82, 2.24) is 15.0 Å². The number of pyridine rings is 1. The number of nitrogens with zero attached hydrogens (tertiary/aromatic N) is 1. The minimum Gasteiger partial charge on any atom is -0.494 e. The van der Waals surface area contributed by atoms with Gasteiger partial charge in [-0.2, -0.15) is 0 Å². The lowest BCUT2D eigenvalue weighted by Crippen LogP contribution is -2.11. The Morgan fingerprint density at radius 2 is 1.43 bits per heavy atom. The van der Waals surface area contributed by atoms with Crippen LogP contribution in [0.4, 0.5) is 0 Å². The molecule has 3 N–H and O–H groups in total. The molecular weight excluding hydrogens is 310 g/mol. The van der Waals surface area contributed by atoms with Crippen LogP contribution in [0.3, 0.4) is 0 Å². The first kappa shape index (κ1) is 13.7. The Kier molecular flexibility index (Phi) is 2.99. The summed E-state index contributed by atoms with van der Waals surface area (Å²) in [5.41, 5.74) is 1.86. The molecule has 0 aliphatic heterocycles. The highest BCUT2D eigenvalue weighted by Gasteiger charge is 2.17. The molecule has 2 heterocycles. The largest absolute Gasteiger partial charge is 0.494 e. The van der Waals surface area contributed by atoms with E-state index in [0.29, 0.717) is 5.56 Å². The second kappa shape index (κ2) is 5.03. The van der Waals surface area contributed by atoms with Gasteiger partial charge in [0.05, 0.1) is 11.0 Å². The molecule has 0 fully saturated rings. The molecule has 5 nitrogen and oxygen atoms in total. The maximum atomic E-state index is 12.4. The van der Waals surface area contributed by atoms with Crippen LogP contribution >= 0.6 is 12.2 Å². The van der Waals surface area contributed by atoms with Gasteiger partial charge in [0.2, 0.25) is 5.88 Å². The Balaban J connectivity index is 2.30. The fourth-order valence-electron chi connectivity index (χ4n) is 2.82. The molecular formula is C17H11N3O2S. The van der Waals surface area contributed by atoms with E-state index < -0.39 is 5.56 Å². The van der Waals surface area contributed by atoms with Gasteiger partial charge in [0, 0.05) is 16.3 Å². The Morgan fingerprint density at radius 1 is 0.870 bits per heavy atom. The molecule has 4 rings (SSSR count). The van der Waals surface area contributed by atoms with Gasteiger partial charge in [-0.3, -0.25) is 9.78 Å². The summed E-state index contributed by atoms with van der Waals surface area (Å²) in [5.74, 6) is -0.250. The third kappa shape index (κ3) is 2.11. The summed E-state index contributed by atoms with van der Waals surface area (Å²) in [4.78, 5) is 22.2. The molecule has 23 heavy (non-hydrogen) atoms. The van der Waals surface area contributed by atoms with Crippen molar-refractivity contribution in [2.45, 2.75) is 0 Å². The maximum Gasteiger partial charge on any atom is 0.263 e. The molecule has 0 spiro atoms. The summed E-state index contributed by atoms with van der Waals surface area (Å²) < 4.78 is 0.0823. The van der Waals surface area contributed by atoms with Crippen molar-refractivity contribution in [3.05, 3.63) is 63.7 Å². The lowest BCUT2D eigenvalue weighted by Gasteiger charge is -2.11. The van der Waals surface area contributed by atoms with E-state index in [1.54, 1.807) is 0 Å². The fraction of sp³-hybridized carbons (Fsp3) is 0. The van der Waals surface area contributed by atoms with E-state index in [4.69, 9.17) is 12.2 Å². The van der Waals surface area contributed by atoms with Gasteiger partial charge in [0.25, 0.3) is 5.56 Å². The summed E-state index contributed by atoms with van der Waals surface area (Å²) in [6.07, 6.45) is 0. The molecule has 4 aromatic rings. The fourth-order valence-corrected chi connectivity index (χ4v) is 3.01. The van der Waals surface area contributed by atoms with Gasteiger partial charge < -0.3 is 10.1 Å². The third-order valence-electron chi connectivity index (χ3n) is 3.76. The first-order chi connectivity index (χ1) is 11.1. The van der Waals surface area contributed by atoms with E-state index in [1.165, 1.54) is 0 Å². The van der Waals surface area contributed by atoms with Crippen molar-refractivity contribution in [3.8, 4) is 17.0 Å². The summed E-state index contributed by atoms with van der Waals surface area (Å²) in [7, 11) is 0. The lowest BCUT2D eigenvalue weighted by atomic mass is 9.97. The van der Waals surface area contributed by atoms with Gasteiger partial charge in [-0.15, -0.1) is 0 Å². The molecule has 0 bridgehead atoms. The van der Waals surface area contributed by atoms with Crippen LogP contribution in [0.1, 0.15) is 0 Å². The van der Waals surface area contributed by atoms with Gasteiger partial charge >= 0.3 is 0 Å². The topological polar surface area (TPSA) is 81.8 Å². The van der Waals surface area contributed by atoms with Crippen LogP contribution in [0.2, 0.25) is 0 Å². The Bertz CT molecular complexity index is 1120. The van der Waals surface area contributed by atoms with Crippen LogP contribution in [0.25, 0.3) is 32.9 Å². The predicted octanol–water partition coefficient (Wildman–Crippen LogP) is 3.51. The first-order valence-corrected chi connectivity index (χ1v) is 7.39. The molecule has 0 aliphatic carbocycles. The van der Waals surface area contributed by atoms with Crippen molar-refractivity contribution < 1.29 is 5.11 Å². The van der Waals surface area contributed by atoms with Crippen LogP contribution < -0.4 is 5.56 Å².